The Morgan fingerprint density at radius 2 is 0.652 bits per heavy atom. The predicted octanol–water partition coefficient (Wildman–Crippen LogP) is 18.1. The van der Waals surface area contributed by atoms with E-state index >= 15 is 0 Å². The molecule has 0 amide bonds. The van der Waals surface area contributed by atoms with Crippen molar-refractivity contribution >= 4 is 46.3 Å². The minimum absolute atomic E-state index is 0.132. The first kappa shape index (κ1) is 41.6. The lowest BCUT2D eigenvalue weighted by atomic mass is 9.79. The molecule has 0 spiro atoms. The molecule has 0 N–H and O–H groups in total. The van der Waals surface area contributed by atoms with Gasteiger partial charge in [-0.05, 0) is 157 Å². The van der Waals surface area contributed by atoms with Crippen molar-refractivity contribution in [3.63, 3.8) is 0 Å². The number of hydrogen-bond donors (Lipinski definition) is 0. The Hall–Kier alpha value is -7.58. The van der Waals surface area contributed by atoms with E-state index in [4.69, 9.17) is 0 Å². The average molecular weight is 898 g/mol. The van der Waals surface area contributed by atoms with E-state index in [1.807, 2.05) is 0 Å². The molecule has 13 rings (SSSR count). The first-order valence-electron chi connectivity index (χ1n) is 24.6. The minimum Gasteiger partial charge on any atom is -0.0622 e. The zero-order valence-electron chi connectivity index (χ0n) is 40.2. The fourth-order valence-corrected chi connectivity index (χ4v) is 13.7. The molecule has 2 aliphatic carbocycles. The summed E-state index contributed by atoms with van der Waals surface area (Å²) in [5.74, 6) is 0. The van der Waals surface area contributed by atoms with E-state index in [1.165, 1.54) is 138 Å². The van der Waals surface area contributed by atoms with Crippen molar-refractivity contribution < 1.29 is 0 Å². The van der Waals surface area contributed by atoms with Gasteiger partial charge in [0.15, 0.2) is 0 Å². The molecule has 328 valence electrons. The summed E-state index contributed by atoms with van der Waals surface area (Å²) in [6, 6.07) is 81.0. The van der Waals surface area contributed by atoms with Crippen LogP contribution in [-0.4, -0.2) is 8.80 Å². The first-order chi connectivity index (χ1) is 33.6. The third-order valence-corrected chi connectivity index (χ3v) is 17.5. The first-order valence-corrected chi connectivity index (χ1v) is 27.1. The van der Waals surface area contributed by atoms with Crippen LogP contribution in [-0.2, 0) is 10.8 Å². The highest BCUT2D eigenvalue weighted by atomic mass is 28.3. The van der Waals surface area contributed by atoms with Gasteiger partial charge in [-0.2, -0.15) is 0 Å². The summed E-state index contributed by atoms with van der Waals surface area (Å²) in [5.41, 5.74) is 23.3. The van der Waals surface area contributed by atoms with Crippen molar-refractivity contribution in [1.29, 1.82) is 0 Å². The molecular weight excluding hydrogens is 845 g/mol. The standard InChI is InChI=1S/C68H53Si/c1-67(2)60-25-15-12-23-52(60)54-32-30-45(40-62(54)67)65-57-35-29-44(49-20-14-17-27-64(49)69(5)6)39-59(57)66(46-31-33-55-53-24-13-16-26-61(53)68(3,4)63(55)41-46)56-34-28-43(38-58(56)65)48-37-36-47(42-18-8-7-9-19-42)50-21-10-11-22-51(48)50/h7-41H,1-6H3/q+1. The van der Waals surface area contributed by atoms with E-state index < -0.39 is 8.80 Å². The molecule has 0 atom stereocenters. The highest BCUT2D eigenvalue weighted by molar-refractivity contribution is 6.72. The Kier molecular flexibility index (Phi) is 9.33. The maximum absolute atomic E-state index is 2.53. The van der Waals surface area contributed by atoms with Crippen molar-refractivity contribution in [2.24, 2.45) is 0 Å². The zero-order valence-corrected chi connectivity index (χ0v) is 41.2. The van der Waals surface area contributed by atoms with Gasteiger partial charge < -0.3 is 0 Å². The van der Waals surface area contributed by atoms with Crippen molar-refractivity contribution in [1.82, 2.24) is 0 Å². The van der Waals surface area contributed by atoms with Crippen LogP contribution in [0.25, 0.3) is 110 Å². The molecule has 0 nitrogen and oxygen atoms in total. The van der Waals surface area contributed by atoms with Crippen LogP contribution >= 0.6 is 0 Å². The molecule has 69 heavy (non-hydrogen) atoms. The SMILES string of the molecule is C[Si+](C)c1ccccc1-c1ccc2c(-c3ccc4c(c3)C(C)(C)c3ccccc3-4)c3cc(-c4ccc(-c5ccccc5)c5ccccc45)ccc3c(-c3ccc4c(c3)C(C)(C)c3ccccc3-4)c2c1. The third-order valence-electron chi connectivity index (χ3n) is 16.0. The van der Waals surface area contributed by atoms with Gasteiger partial charge in [-0.15, -0.1) is 0 Å². The monoisotopic (exact) mass is 897 g/mol. The summed E-state index contributed by atoms with van der Waals surface area (Å²) in [6.07, 6.45) is 0. The van der Waals surface area contributed by atoms with Gasteiger partial charge in [0.1, 0.15) is 5.19 Å². The molecule has 0 radical (unpaired) electrons. The molecule has 0 aromatic heterocycles. The molecule has 11 aromatic carbocycles. The minimum atomic E-state index is -0.738. The Morgan fingerprint density at radius 3 is 1.17 bits per heavy atom. The topological polar surface area (TPSA) is 0 Å². The lowest BCUT2D eigenvalue weighted by Gasteiger charge is -2.24. The van der Waals surface area contributed by atoms with E-state index in [2.05, 4.69) is 253 Å². The van der Waals surface area contributed by atoms with Crippen LogP contribution in [0, 0.1) is 0 Å². The largest absolute Gasteiger partial charge is 0.346 e. The van der Waals surface area contributed by atoms with Crippen molar-refractivity contribution in [2.45, 2.75) is 51.6 Å². The number of hydrogen-bond acceptors (Lipinski definition) is 0. The maximum atomic E-state index is 2.53. The predicted molar refractivity (Wildman–Crippen MR) is 298 cm³/mol. The van der Waals surface area contributed by atoms with Crippen molar-refractivity contribution in [3.05, 3.63) is 235 Å². The Labute approximate surface area is 408 Å². The lowest BCUT2D eigenvalue weighted by Crippen LogP contribution is -2.24. The second-order valence-corrected chi connectivity index (χ2v) is 23.3. The summed E-state index contributed by atoms with van der Waals surface area (Å²) >= 11 is 0. The summed E-state index contributed by atoms with van der Waals surface area (Å²) in [6.45, 7) is 14.4. The highest BCUT2D eigenvalue weighted by Crippen LogP contribution is 2.54. The summed E-state index contributed by atoms with van der Waals surface area (Å²) in [4.78, 5) is 0. The molecule has 0 unspecified atom stereocenters. The van der Waals surface area contributed by atoms with Gasteiger partial charge in [-0.25, -0.2) is 0 Å². The molecular formula is C68H53Si+. The van der Waals surface area contributed by atoms with Gasteiger partial charge in [-0.1, -0.05) is 210 Å². The van der Waals surface area contributed by atoms with Crippen LogP contribution < -0.4 is 5.19 Å². The summed E-state index contributed by atoms with van der Waals surface area (Å²) in [7, 11) is -0.738. The number of rotatable bonds is 6. The molecule has 1 heteroatoms. The van der Waals surface area contributed by atoms with Crippen LogP contribution in [0.5, 0.6) is 0 Å². The van der Waals surface area contributed by atoms with E-state index in [1.54, 1.807) is 0 Å². The van der Waals surface area contributed by atoms with Crippen LogP contribution in [0.4, 0.5) is 0 Å². The second kappa shape index (κ2) is 15.5. The van der Waals surface area contributed by atoms with Gasteiger partial charge in [0.2, 0.25) is 0 Å². The van der Waals surface area contributed by atoms with Crippen molar-refractivity contribution in [2.75, 3.05) is 0 Å². The second-order valence-electron chi connectivity index (χ2n) is 20.8. The summed E-state index contributed by atoms with van der Waals surface area (Å²) in [5, 5.41) is 9.08. The van der Waals surface area contributed by atoms with Crippen LogP contribution in [0.15, 0.2) is 212 Å². The highest BCUT2D eigenvalue weighted by Gasteiger charge is 2.37. The molecule has 2 aliphatic rings. The van der Waals surface area contributed by atoms with Gasteiger partial charge >= 0.3 is 8.80 Å². The fourth-order valence-electron chi connectivity index (χ4n) is 12.5. The molecule has 0 bridgehead atoms. The van der Waals surface area contributed by atoms with Crippen LogP contribution in [0.2, 0.25) is 13.1 Å². The zero-order chi connectivity index (χ0) is 46.8. The molecule has 0 fully saturated rings. The normalized spacial score (nSPS) is 13.9. The van der Waals surface area contributed by atoms with Crippen molar-refractivity contribution in [3.8, 4) is 77.9 Å². The fraction of sp³-hybridized carbons (Fsp3) is 0.118. The number of fused-ring (bicyclic) bond motifs is 9. The molecule has 0 aliphatic heterocycles. The smallest absolute Gasteiger partial charge is 0.0622 e. The molecule has 0 saturated carbocycles. The maximum Gasteiger partial charge on any atom is 0.346 e. The Balaban J connectivity index is 1.14. The van der Waals surface area contributed by atoms with Gasteiger partial charge in [-0.3, -0.25) is 0 Å². The number of benzene rings is 11. The molecule has 0 saturated heterocycles. The van der Waals surface area contributed by atoms with Crippen LogP contribution in [0.1, 0.15) is 49.9 Å². The van der Waals surface area contributed by atoms with E-state index in [0.29, 0.717) is 0 Å². The van der Waals surface area contributed by atoms with Gasteiger partial charge in [0.05, 0.1) is 13.1 Å². The lowest BCUT2D eigenvalue weighted by molar-refractivity contribution is 0.660. The van der Waals surface area contributed by atoms with E-state index in [9.17, 15) is 0 Å². The third kappa shape index (κ3) is 6.26. The van der Waals surface area contributed by atoms with E-state index in [0.717, 1.165) is 0 Å². The molecule has 0 heterocycles. The van der Waals surface area contributed by atoms with Gasteiger partial charge in [0.25, 0.3) is 0 Å². The summed E-state index contributed by atoms with van der Waals surface area (Å²) < 4.78 is 0. The Bertz CT molecular complexity index is 3920. The van der Waals surface area contributed by atoms with Gasteiger partial charge in [0, 0.05) is 16.4 Å². The molecule has 11 aromatic rings. The van der Waals surface area contributed by atoms with Crippen LogP contribution in [0.3, 0.4) is 0 Å². The van der Waals surface area contributed by atoms with E-state index in [-0.39, 0.29) is 10.8 Å². The quantitative estimate of drug-likeness (QED) is 0.115. The Morgan fingerprint density at radius 1 is 0.261 bits per heavy atom. The average Bonchev–Trinajstić information content (AvgIpc) is 3.76.